The van der Waals surface area contributed by atoms with Gasteiger partial charge in [-0.15, -0.1) is 0 Å². The minimum Gasteiger partial charge on any atom is -0.462 e. The molecular weight excluding hydrogens is 620 g/mol. The molecule has 0 bridgehead atoms. The van der Waals surface area contributed by atoms with Gasteiger partial charge in [-0.25, -0.2) is 0 Å². The zero-order valence-electron chi connectivity index (χ0n) is 33.9. The number of ether oxygens (including phenoxy) is 2. The molecule has 0 aliphatic heterocycles. The molecule has 0 saturated heterocycles. The number of hydrogen-bond acceptors (Lipinski definition) is 5. The smallest absolute Gasteiger partial charge is 0.306 e. The van der Waals surface area contributed by atoms with Crippen LogP contribution in [-0.2, 0) is 19.1 Å². The van der Waals surface area contributed by atoms with Gasteiger partial charge in [0.1, 0.15) is 6.61 Å². The highest BCUT2D eigenvalue weighted by Crippen LogP contribution is 2.17. The first kappa shape index (κ1) is 48.9. The summed E-state index contributed by atoms with van der Waals surface area (Å²) in [5, 5.41) is 9.56. The zero-order chi connectivity index (χ0) is 36.4. The molecule has 0 rings (SSSR count). The summed E-state index contributed by atoms with van der Waals surface area (Å²) in [6, 6.07) is 0. The highest BCUT2D eigenvalue weighted by molar-refractivity contribution is 5.70. The van der Waals surface area contributed by atoms with Crippen molar-refractivity contribution in [2.75, 3.05) is 13.2 Å². The average molecular weight is 709 g/mol. The highest BCUT2D eigenvalue weighted by atomic mass is 16.6. The van der Waals surface area contributed by atoms with Crippen LogP contribution in [-0.4, -0.2) is 36.4 Å². The number of rotatable bonds is 42. The second-order valence-corrected chi connectivity index (χ2v) is 15.5. The Kier molecular flexibility index (Phi) is 41.4. The van der Waals surface area contributed by atoms with Crippen LogP contribution in [0.4, 0.5) is 0 Å². The van der Waals surface area contributed by atoms with Gasteiger partial charge in [0.25, 0.3) is 0 Å². The van der Waals surface area contributed by atoms with Gasteiger partial charge in [-0.2, -0.15) is 0 Å². The van der Waals surface area contributed by atoms with Crippen LogP contribution in [0.15, 0.2) is 0 Å². The summed E-state index contributed by atoms with van der Waals surface area (Å²) in [5.74, 6) is -0.574. The van der Waals surface area contributed by atoms with Crippen molar-refractivity contribution in [3.8, 4) is 0 Å². The van der Waals surface area contributed by atoms with Crippen molar-refractivity contribution in [3.05, 3.63) is 0 Å². The summed E-state index contributed by atoms with van der Waals surface area (Å²) in [5.41, 5.74) is 0. The van der Waals surface area contributed by atoms with Gasteiger partial charge in [-0.3, -0.25) is 9.59 Å². The molecule has 0 saturated carbocycles. The van der Waals surface area contributed by atoms with E-state index in [-0.39, 0.29) is 25.2 Å². The molecule has 298 valence electrons. The molecule has 0 aliphatic rings. The summed E-state index contributed by atoms with van der Waals surface area (Å²) >= 11 is 0. The number of hydrogen-bond donors (Lipinski definition) is 1. The van der Waals surface area contributed by atoms with Crippen molar-refractivity contribution in [2.45, 2.75) is 264 Å². The topological polar surface area (TPSA) is 72.8 Å². The fourth-order valence-electron chi connectivity index (χ4n) is 6.97. The Morgan fingerprint density at radius 3 is 0.880 bits per heavy atom. The molecule has 0 heterocycles. The van der Waals surface area contributed by atoms with Crippen LogP contribution in [0.5, 0.6) is 0 Å². The number of aliphatic hydroxyl groups is 1. The SMILES string of the molecule is CCCCCCCCCCCCCCCCCCCCCCCCCCCC(=O)OC(CO)COC(=O)CCCCCCCCCCCCC. The second-order valence-electron chi connectivity index (χ2n) is 15.5. The van der Waals surface area contributed by atoms with Crippen LogP contribution in [0.2, 0.25) is 0 Å². The molecule has 5 nitrogen and oxygen atoms in total. The standard InChI is InChI=1S/C45H88O5/c1-3-5-7-9-11-13-15-16-17-18-19-20-21-22-23-24-25-26-27-28-30-32-34-36-38-40-45(48)50-43(41-46)42-49-44(47)39-37-35-33-31-29-14-12-10-8-6-4-2/h43,46H,3-42H2,1-2H3. The molecule has 0 spiro atoms. The Balaban J connectivity index is 3.40. The van der Waals surface area contributed by atoms with E-state index in [2.05, 4.69) is 13.8 Å². The lowest BCUT2D eigenvalue weighted by Gasteiger charge is -2.15. The Labute approximate surface area is 312 Å². The Bertz CT molecular complexity index is 680. The number of esters is 2. The Morgan fingerprint density at radius 2 is 0.620 bits per heavy atom. The minimum atomic E-state index is -0.761. The maximum absolute atomic E-state index is 12.2. The van der Waals surface area contributed by atoms with Crippen LogP contribution in [0, 0.1) is 0 Å². The van der Waals surface area contributed by atoms with Crippen LogP contribution < -0.4 is 0 Å². The average Bonchev–Trinajstić information content (AvgIpc) is 3.12. The van der Waals surface area contributed by atoms with E-state index in [1.807, 2.05) is 0 Å². The number of unbranched alkanes of at least 4 members (excludes halogenated alkanes) is 34. The van der Waals surface area contributed by atoms with E-state index in [0.29, 0.717) is 12.8 Å². The van der Waals surface area contributed by atoms with Crippen molar-refractivity contribution < 1.29 is 24.2 Å². The van der Waals surface area contributed by atoms with Gasteiger partial charge in [-0.1, -0.05) is 232 Å². The lowest BCUT2D eigenvalue weighted by Crippen LogP contribution is -2.28. The molecule has 0 aromatic heterocycles. The highest BCUT2D eigenvalue weighted by Gasteiger charge is 2.16. The first-order valence-electron chi connectivity index (χ1n) is 22.6. The van der Waals surface area contributed by atoms with Crippen LogP contribution >= 0.6 is 0 Å². The first-order valence-corrected chi connectivity index (χ1v) is 22.6. The quantitative estimate of drug-likeness (QED) is 0.0505. The molecule has 0 radical (unpaired) electrons. The van der Waals surface area contributed by atoms with Gasteiger partial charge in [0.15, 0.2) is 6.10 Å². The first-order chi connectivity index (χ1) is 24.6. The van der Waals surface area contributed by atoms with E-state index in [9.17, 15) is 14.7 Å². The molecule has 0 aromatic carbocycles. The lowest BCUT2D eigenvalue weighted by molar-refractivity contribution is -0.161. The third-order valence-electron chi connectivity index (χ3n) is 10.4. The fourth-order valence-corrected chi connectivity index (χ4v) is 6.97. The predicted octanol–water partition coefficient (Wildman–Crippen LogP) is 14.3. The van der Waals surface area contributed by atoms with E-state index in [4.69, 9.17) is 9.47 Å². The second kappa shape index (κ2) is 42.3. The van der Waals surface area contributed by atoms with E-state index in [1.54, 1.807) is 0 Å². The summed E-state index contributed by atoms with van der Waals surface area (Å²) in [6.45, 7) is 4.17. The fraction of sp³-hybridized carbons (Fsp3) is 0.956. The van der Waals surface area contributed by atoms with Gasteiger partial charge in [-0.05, 0) is 12.8 Å². The van der Waals surface area contributed by atoms with Gasteiger partial charge >= 0.3 is 11.9 Å². The van der Waals surface area contributed by atoms with E-state index in [0.717, 1.165) is 32.1 Å². The van der Waals surface area contributed by atoms with Crippen molar-refractivity contribution in [2.24, 2.45) is 0 Å². The number of carbonyl (C=O) groups is 2. The lowest BCUT2D eigenvalue weighted by atomic mass is 10.0. The van der Waals surface area contributed by atoms with E-state index < -0.39 is 6.10 Å². The summed E-state index contributed by atoms with van der Waals surface area (Å²) in [6.07, 6.45) is 47.6. The predicted molar refractivity (Wildman–Crippen MR) is 215 cm³/mol. The van der Waals surface area contributed by atoms with Crippen molar-refractivity contribution in [3.63, 3.8) is 0 Å². The van der Waals surface area contributed by atoms with Crippen molar-refractivity contribution in [1.82, 2.24) is 0 Å². The van der Waals surface area contributed by atoms with E-state index >= 15 is 0 Å². The minimum absolute atomic E-state index is 0.0570. The van der Waals surface area contributed by atoms with E-state index in [1.165, 1.54) is 199 Å². The maximum Gasteiger partial charge on any atom is 0.306 e. The van der Waals surface area contributed by atoms with Crippen LogP contribution in [0.3, 0.4) is 0 Å². The molecule has 0 fully saturated rings. The maximum atomic E-state index is 12.2. The van der Waals surface area contributed by atoms with Crippen LogP contribution in [0.1, 0.15) is 258 Å². The van der Waals surface area contributed by atoms with Crippen LogP contribution in [0.25, 0.3) is 0 Å². The number of aliphatic hydroxyl groups excluding tert-OH is 1. The third-order valence-corrected chi connectivity index (χ3v) is 10.4. The summed E-state index contributed by atoms with van der Waals surface area (Å²) < 4.78 is 10.6. The normalized spacial score (nSPS) is 12.0. The zero-order valence-corrected chi connectivity index (χ0v) is 33.9. The largest absolute Gasteiger partial charge is 0.462 e. The Morgan fingerprint density at radius 1 is 0.380 bits per heavy atom. The molecule has 0 aliphatic carbocycles. The molecule has 1 atom stereocenters. The molecule has 0 amide bonds. The molecule has 1 unspecified atom stereocenters. The summed E-state index contributed by atoms with van der Waals surface area (Å²) in [4.78, 5) is 24.3. The third kappa shape index (κ3) is 39.7. The van der Waals surface area contributed by atoms with Gasteiger partial charge < -0.3 is 14.6 Å². The molecule has 5 heteroatoms. The van der Waals surface area contributed by atoms with Crippen molar-refractivity contribution in [1.29, 1.82) is 0 Å². The molecule has 1 N–H and O–H groups in total. The monoisotopic (exact) mass is 709 g/mol. The van der Waals surface area contributed by atoms with Gasteiger partial charge in [0.2, 0.25) is 0 Å². The van der Waals surface area contributed by atoms with Gasteiger partial charge in [0.05, 0.1) is 6.61 Å². The molecular formula is C45H88O5. The van der Waals surface area contributed by atoms with Crippen molar-refractivity contribution >= 4 is 11.9 Å². The number of carbonyl (C=O) groups excluding carboxylic acids is 2. The molecule has 50 heavy (non-hydrogen) atoms. The Hall–Kier alpha value is -1.10. The molecule has 0 aromatic rings. The summed E-state index contributed by atoms with van der Waals surface area (Å²) in [7, 11) is 0. The van der Waals surface area contributed by atoms with Gasteiger partial charge in [0, 0.05) is 12.8 Å².